The number of para-hydroxylation sites is 1. The first-order valence-electron chi connectivity index (χ1n) is 16.6. The molecule has 0 radical (unpaired) electrons. The quantitative estimate of drug-likeness (QED) is 0.0919. The van der Waals surface area contributed by atoms with Gasteiger partial charge in [0, 0.05) is 49.7 Å². The topological polar surface area (TPSA) is 117 Å². The number of aromatic hydroxyl groups is 1. The summed E-state index contributed by atoms with van der Waals surface area (Å²) in [5, 5.41) is 10.1. The van der Waals surface area contributed by atoms with Gasteiger partial charge in [0.25, 0.3) is 0 Å². The van der Waals surface area contributed by atoms with Crippen molar-refractivity contribution < 1.29 is 22.7 Å². The Hall–Kier alpha value is -4.39. The van der Waals surface area contributed by atoms with Crippen LogP contribution in [0.1, 0.15) is 27.7 Å². The molecule has 0 saturated heterocycles. The third kappa shape index (κ3) is 9.41. The summed E-state index contributed by atoms with van der Waals surface area (Å²) in [5.41, 5.74) is 3.51. The van der Waals surface area contributed by atoms with Crippen LogP contribution in [0.5, 0.6) is 23.0 Å². The lowest BCUT2D eigenvalue weighted by atomic mass is 10.2. The minimum Gasteiger partial charge on any atom is -0.505 e. The zero-order valence-electron chi connectivity index (χ0n) is 29.2. The third-order valence-electron chi connectivity index (χ3n) is 8.06. The van der Waals surface area contributed by atoms with Crippen LogP contribution in [0.25, 0.3) is 22.6 Å². The van der Waals surface area contributed by atoms with Crippen LogP contribution in [-0.2, 0) is 11.3 Å². The number of hydrogen-bond acceptors (Lipinski definition) is 9. The lowest BCUT2D eigenvalue weighted by Gasteiger charge is -2.22. The van der Waals surface area contributed by atoms with Crippen LogP contribution >= 0.6 is 46.4 Å². The second kappa shape index (κ2) is 18.1. The number of hydrogen-bond donors (Lipinski definition) is 2. The molecular weight excluding hydrogens is 782 g/mol. The first kappa shape index (κ1) is 39.8. The number of phenols is 1. The Morgan fingerprint density at radius 2 is 1.42 bits per heavy atom. The van der Waals surface area contributed by atoms with Gasteiger partial charge in [-0.3, -0.25) is 9.52 Å². The van der Waals surface area contributed by atoms with Gasteiger partial charge in [0.15, 0.2) is 22.8 Å². The standard InChI is InChI=1S/C22H22Cl2N2O4S.C16H14Cl2N2O2/c1-3-26(4-2)15-9-8-12-17(13-15)29-22-19(14-18(23)21(27)20(22)24)25-31(28)30-16-10-6-5-7-11-16;1-3-20(4-2)9-5-6-11-13(7-9)22-16-12(19-11)8-10(17)15(21)14(16)18/h5-14,25,27H,3-4H2,1-2H3;5-8H,3-4H2,1-2H3. The van der Waals surface area contributed by atoms with Crippen molar-refractivity contribution in [2.75, 3.05) is 40.7 Å². The summed E-state index contributed by atoms with van der Waals surface area (Å²) in [6.07, 6.45) is 0. The number of aromatic nitrogens is 1. The molecule has 0 aromatic heterocycles. The highest BCUT2D eigenvalue weighted by Crippen LogP contribution is 2.46. The molecule has 0 bridgehead atoms. The molecule has 0 fully saturated rings. The highest BCUT2D eigenvalue weighted by atomic mass is 35.5. The van der Waals surface area contributed by atoms with E-state index in [1.807, 2.05) is 42.5 Å². The molecule has 15 heteroatoms. The van der Waals surface area contributed by atoms with Crippen molar-refractivity contribution in [3.8, 4) is 34.5 Å². The summed E-state index contributed by atoms with van der Waals surface area (Å²) in [4.78, 5) is 20.7. The van der Waals surface area contributed by atoms with Gasteiger partial charge in [-0.05, 0) is 76.2 Å². The Morgan fingerprint density at radius 3 is 2.08 bits per heavy atom. The van der Waals surface area contributed by atoms with E-state index < -0.39 is 16.7 Å². The number of phenolic OH excluding ortho intramolecular Hbond substituents is 1. The molecule has 0 amide bonds. The fourth-order valence-corrected chi connectivity index (χ4v) is 6.98. The molecule has 4 aromatic carbocycles. The number of halogens is 4. The highest BCUT2D eigenvalue weighted by Gasteiger charge is 2.21. The van der Waals surface area contributed by atoms with E-state index in [0.717, 1.165) is 37.6 Å². The van der Waals surface area contributed by atoms with Gasteiger partial charge in [-0.1, -0.05) is 70.7 Å². The maximum Gasteiger partial charge on any atom is 0.316 e. The molecule has 2 N–H and O–H groups in total. The van der Waals surface area contributed by atoms with Gasteiger partial charge in [-0.15, -0.1) is 0 Å². The van der Waals surface area contributed by atoms with Gasteiger partial charge >= 0.3 is 11.3 Å². The third-order valence-corrected chi connectivity index (χ3v) is 10.1. The minimum absolute atomic E-state index is 0.0200. The molecule has 53 heavy (non-hydrogen) atoms. The predicted octanol–water partition coefficient (Wildman–Crippen LogP) is 10.9. The van der Waals surface area contributed by atoms with E-state index >= 15 is 0 Å². The van der Waals surface area contributed by atoms with E-state index in [4.69, 9.17) is 59.7 Å². The summed E-state index contributed by atoms with van der Waals surface area (Å²) in [6.45, 7) is 11.8. The lowest BCUT2D eigenvalue weighted by molar-refractivity contribution is 0.457. The molecule has 4 aromatic rings. The Bertz CT molecular complexity index is 2250. The van der Waals surface area contributed by atoms with Crippen LogP contribution in [0.4, 0.5) is 17.1 Å². The lowest BCUT2D eigenvalue weighted by Crippen LogP contribution is -2.21. The zero-order chi connectivity index (χ0) is 38.2. The summed E-state index contributed by atoms with van der Waals surface area (Å²) in [5.74, 6) is 0.911. The summed E-state index contributed by atoms with van der Waals surface area (Å²) >= 11 is 22.3. The molecule has 278 valence electrons. The molecule has 6 rings (SSSR count). The fourth-order valence-electron chi connectivity index (χ4n) is 5.34. The van der Waals surface area contributed by atoms with Crippen LogP contribution in [0.15, 0.2) is 94.1 Å². The van der Waals surface area contributed by atoms with Crippen molar-refractivity contribution in [1.82, 2.24) is 4.98 Å². The highest BCUT2D eigenvalue weighted by molar-refractivity contribution is 7.82. The van der Waals surface area contributed by atoms with E-state index in [9.17, 15) is 14.1 Å². The Kier molecular flexibility index (Phi) is 13.6. The SMILES string of the molecule is CCN(CC)c1ccc2nc3cc(Cl)c(=O)c(Cl)c-3oc2c1.CCN(CC)c1cccc(Oc2c(NS(=O)Oc3ccccc3)cc(Cl)c(O)c2Cl)c1. The first-order valence-corrected chi connectivity index (χ1v) is 19.2. The molecule has 1 heterocycles. The normalized spacial score (nSPS) is 11.5. The second-order valence-electron chi connectivity index (χ2n) is 11.3. The largest absolute Gasteiger partial charge is 0.505 e. The van der Waals surface area contributed by atoms with Gasteiger partial charge < -0.3 is 28.2 Å². The van der Waals surface area contributed by atoms with Crippen LogP contribution in [0, 0.1) is 0 Å². The second-order valence-corrected chi connectivity index (χ2v) is 13.7. The molecule has 1 unspecified atom stereocenters. The Morgan fingerprint density at radius 1 is 0.774 bits per heavy atom. The zero-order valence-corrected chi connectivity index (χ0v) is 33.0. The first-order chi connectivity index (χ1) is 25.5. The molecule has 1 aliphatic carbocycles. The van der Waals surface area contributed by atoms with E-state index in [1.54, 1.807) is 30.3 Å². The smallest absolute Gasteiger partial charge is 0.316 e. The average molecular weight is 819 g/mol. The maximum atomic E-state index is 12.5. The van der Waals surface area contributed by atoms with Gasteiger partial charge in [0.05, 0.1) is 15.7 Å². The van der Waals surface area contributed by atoms with E-state index in [2.05, 4.69) is 47.2 Å². The van der Waals surface area contributed by atoms with Crippen LogP contribution < -0.4 is 28.9 Å². The molecule has 0 saturated carbocycles. The van der Waals surface area contributed by atoms with Crippen molar-refractivity contribution in [2.45, 2.75) is 27.7 Å². The Labute approximate surface area is 329 Å². The molecule has 2 aliphatic rings. The van der Waals surface area contributed by atoms with E-state index in [-0.39, 0.29) is 43.0 Å². The monoisotopic (exact) mass is 816 g/mol. The Balaban J connectivity index is 0.000000216. The van der Waals surface area contributed by atoms with E-state index in [1.165, 1.54) is 12.1 Å². The fraction of sp³-hybridized carbons (Fsp3) is 0.211. The van der Waals surface area contributed by atoms with Gasteiger partial charge in [-0.2, -0.15) is 4.21 Å². The molecule has 1 atom stereocenters. The number of anilines is 3. The molecule has 10 nitrogen and oxygen atoms in total. The van der Waals surface area contributed by atoms with Crippen LogP contribution in [0.2, 0.25) is 20.1 Å². The molecule has 0 spiro atoms. The van der Waals surface area contributed by atoms with Crippen molar-refractivity contribution in [1.29, 1.82) is 0 Å². The van der Waals surface area contributed by atoms with Gasteiger partial charge in [0.2, 0.25) is 5.43 Å². The minimum atomic E-state index is -1.97. The van der Waals surface area contributed by atoms with Crippen molar-refractivity contribution in [3.63, 3.8) is 0 Å². The van der Waals surface area contributed by atoms with Crippen molar-refractivity contribution in [3.05, 3.63) is 115 Å². The van der Waals surface area contributed by atoms with E-state index in [0.29, 0.717) is 28.3 Å². The van der Waals surface area contributed by atoms with Crippen LogP contribution in [-0.4, -0.2) is 40.5 Å². The van der Waals surface area contributed by atoms with Crippen LogP contribution in [0.3, 0.4) is 0 Å². The number of nitrogens with zero attached hydrogens (tertiary/aromatic N) is 3. The van der Waals surface area contributed by atoms with Gasteiger partial charge in [-0.25, -0.2) is 4.98 Å². The number of rotatable bonds is 12. The number of fused-ring (bicyclic) bond motifs is 2. The average Bonchev–Trinajstić information content (AvgIpc) is 3.16. The summed E-state index contributed by atoms with van der Waals surface area (Å²) in [7, 11) is 0. The summed E-state index contributed by atoms with van der Waals surface area (Å²) in [6, 6.07) is 24.8. The van der Waals surface area contributed by atoms with Crippen molar-refractivity contribution in [2.24, 2.45) is 0 Å². The molecule has 1 aliphatic heterocycles. The summed E-state index contributed by atoms with van der Waals surface area (Å²) < 4.78 is 32.3. The maximum absolute atomic E-state index is 12.5. The molecular formula is C38H36Cl4N4O6S. The number of benzene rings is 5. The number of nitrogens with one attached hydrogen (secondary N) is 1. The predicted molar refractivity (Wildman–Crippen MR) is 218 cm³/mol. The number of ether oxygens (including phenoxy) is 1. The van der Waals surface area contributed by atoms with Gasteiger partial charge in [0.1, 0.15) is 32.8 Å². The van der Waals surface area contributed by atoms with Crippen molar-refractivity contribution >= 4 is 85.8 Å².